The maximum atomic E-state index is 12.1. The second-order valence-corrected chi connectivity index (χ2v) is 5.43. The fourth-order valence-electron chi connectivity index (χ4n) is 2.09. The monoisotopic (exact) mass is 322 g/mol. The van der Waals surface area contributed by atoms with Crippen molar-refractivity contribution >= 4 is 41.5 Å². The highest BCUT2D eigenvalue weighted by atomic mass is 35.5. The van der Waals surface area contributed by atoms with Crippen LogP contribution in [0.1, 0.15) is 12.5 Å². The van der Waals surface area contributed by atoms with Gasteiger partial charge in [0.2, 0.25) is 5.91 Å². The summed E-state index contributed by atoms with van der Waals surface area (Å²) < 4.78 is 0. The molecule has 106 valence electrons. The molecule has 1 heterocycles. The lowest BCUT2D eigenvalue weighted by Gasteiger charge is -2.32. The summed E-state index contributed by atoms with van der Waals surface area (Å²) in [6.45, 7) is 4.47. The number of nitrogens with one attached hydrogen (secondary N) is 1. The van der Waals surface area contributed by atoms with Crippen LogP contribution in [0.4, 0.5) is 0 Å². The van der Waals surface area contributed by atoms with Crippen molar-refractivity contribution in [3.05, 3.63) is 33.8 Å². The third kappa shape index (κ3) is 4.53. The lowest BCUT2D eigenvalue weighted by atomic mass is 10.1. The highest BCUT2D eigenvalue weighted by Crippen LogP contribution is 2.23. The summed E-state index contributed by atoms with van der Waals surface area (Å²) in [7, 11) is 0. The molecule has 2 rings (SSSR count). The van der Waals surface area contributed by atoms with Crippen LogP contribution in [0.25, 0.3) is 0 Å². The molecule has 19 heavy (non-hydrogen) atoms. The first kappa shape index (κ1) is 16.6. The maximum absolute atomic E-state index is 12.1. The molecule has 3 nitrogen and oxygen atoms in total. The zero-order valence-electron chi connectivity index (χ0n) is 10.7. The first-order chi connectivity index (χ1) is 8.56. The molecule has 1 aromatic rings. The van der Waals surface area contributed by atoms with Gasteiger partial charge in [0.05, 0.1) is 16.5 Å². The molecule has 0 spiro atoms. The molecule has 0 aromatic heterocycles. The van der Waals surface area contributed by atoms with E-state index in [4.69, 9.17) is 23.2 Å². The molecular weight excluding hydrogens is 307 g/mol. The number of carbonyl (C=O) groups is 1. The van der Waals surface area contributed by atoms with Gasteiger partial charge >= 0.3 is 0 Å². The number of amides is 1. The molecule has 0 bridgehead atoms. The second-order valence-electron chi connectivity index (χ2n) is 4.62. The van der Waals surface area contributed by atoms with Crippen LogP contribution < -0.4 is 5.32 Å². The van der Waals surface area contributed by atoms with Gasteiger partial charge in [0.15, 0.2) is 0 Å². The molecule has 1 aliphatic rings. The highest BCUT2D eigenvalue weighted by Gasteiger charge is 2.20. The molecule has 1 aliphatic heterocycles. The third-order valence-electron chi connectivity index (χ3n) is 3.06. The van der Waals surface area contributed by atoms with Gasteiger partial charge in [-0.3, -0.25) is 4.79 Å². The lowest BCUT2D eigenvalue weighted by Crippen LogP contribution is -2.51. The maximum Gasteiger partial charge on any atom is 0.227 e. The van der Waals surface area contributed by atoms with Gasteiger partial charge in [-0.05, 0) is 24.6 Å². The first-order valence-corrected chi connectivity index (χ1v) is 6.77. The molecule has 1 saturated heterocycles. The molecule has 6 heteroatoms. The predicted octanol–water partition coefficient (Wildman–Crippen LogP) is 2.78. The highest BCUT2D eigenvalue weighted by molar-refractivity contribution is 6.42. The first-order valence-electron chi connectivity index (χ1n) is 6.01. The number of halogens is 3. The third-order valence-corrected chi connectivity index (χ3v) is 3.80. The van der Waals surface area contributed by atoms with Gasteiger partial charge in [-0.1, -0.05) is 29.3 Å². The number of hydrogen-bond acceptors (Lipinski definition) is 2. The van der Waals surface area contributed by atoms with E-state index in [0.717, 1.165) is 25.2 Å². The molecule has 0 aliphatic carbocycles. The molecule has 0 unspecified atom stereocenters. The number of benzene rings is 1. The van der Waals surface area contributed by atoms with Gasteiger partial charge in [0.1, 0.15) is 0 Å². The standard InChI is InChI=1S/C13H16Cl2N2O.ClH/c1-9-8-17(5-4-16-9)13(18)7-10-2-3-11(14)12(15)6-10;/h2-3,6,9,16H,4-5,7-8H2,1H3;1H/t9-;/m0./s1. The van der Waals surface area contributed by atoms with Gasteiger partial charge in [-0.15, -0.1) is 12.4 Å². The van der Waals surface area contributed by atoms with E-state index in [1.165, 1.54) is 0 Å². The van der Waals surface area contributed by atoms with Crippen LogP contribution in [0.15, 0.2) is 18.2 Å². The predicted molar refractivity (Wildman–Crippen MR) is 81.5 cm³/mol. The van der Waals surface area contributed by atoms with E-state index >= 15 is 0 Å². The Morgan fingerprint density at radius 1 is 1.42 bits per heavy atom. The summed E-state index contributed by atoms with van der Waals surface area (Å²) >= 11 is 11.8. The summed E-state index contributed by atoms with van der Waals surface area (Å²) in [4.78, 5) is 14.0. The largest absolute Gasteiger partial charge is 0.340 e. The Morgan fingerprint density at radius 3 is 2.79 bits per heavy atom. The van der Waals surface area contributed by atoms with Gasteiger partial charge in [-0.25, -0.2) is 0 Å². The van der Waals surface area contributed by atoms with Gasteiger partial charge < -0.3 is 10.2 Å². The van der Waals surface area contributed by atoms with Crippen LogP contribution in [0.2, 0.25) is 10.0 Å². The van der Waals surface area contributed by atoms with Crippen molar-refractivity contribution in [1.82, 2.24) is 10.2 Å². The Balaban J connectivity index is 0.00000180. The van der Waals surface area contributed by atoms with E-state index in [1.54, 1.807) is 12.1 Å². The van der Waals surface area contributed by atoms with E-state index in [2.05, 4.69) is 12.2 Å². The number of carbonyl (C=O) groups excluding carboxylic acids is 1. The van der Waals surface area contributed by atoms with E-state index < -0.39 is 0 Å². The lowest BCUT2D eigenvalue weighted by molar-refractivity contribution is -0.131. The molecule has 0 saturated carbocycles. The Bertz CT molecular complexity index is 454. The summed E-state index contributed by atoms with van der Waals surface area (Å²) in [5.41, 5.74) is 0.903. The summed E-state index contributed by atoms with van der Waals surface area (Å²) in [6.07, 6.45) is 0.379. The molecule has 1 N–H and O–H groups in total. The van der Waals surface area contributed by atoms with Crippen molar-refractivity contribution in [2.24, 2.45) is 0 Å². The van der Waals surface area contributed by atoms with Crippen molar-refractivity contribution in [2.45, 2.75) is 19.4 Å². The van der Waals surface area contributed by atoms with Crippen LogP contribution in [0, 0.1) is 0 Å². The van der Waals surface area contributed by atoms with Crippen molar-refractivity contribution in [3.8, 4) is 0 Å². The fraction of sp³-hybridized carbons (Fsp3) is 0.462. The Hall–Kier alpha value is -0.480. The van der Waals surface area contributed by atoms with Gasteiger partial charge in [-0.2, -0.15) is 0 Å². The topological polar surface area (TPSA) is 32.3 Å². The second kappa shape index (κ2) is 7.34. The van der Waals surface area contributed by atoms with E-state index in [-0.39, 0.29) is 18.3 Å². The van der Waals surface area contributed by atoms with Crippen molar-refractivity contribution < 1.29 is 4.79 Å². The van der Waals surface area contributed by atoms with E-state index in [1.807, 2.05) is 11.0 Å². The number of rotatable bonds is 2. The van der Waals surface area contributed by atoms with Crippen LogP contribution >= 0.6 is 35.6 Å². The molecule has 0 radical (unpaired) electrons. The minimum Gasteiger partial charge on any atom is -0.340 e. The van der Waals surface area contributed by atoms with Crippen LogP contribution in [0.3, 0.4) is 0 Å². The molecule has 1 atom stereocenters. The molecular formula is C13H17Cl3N2O. The van der Waals surface area contributed by atoms with Crippen molar-refractivity contribution in [2.75, 3.05) is 19.6 Å². The average molecular weight is 324 g/mol. The Morgan fingerprint density at radius 2 is 2.16 bits per heavy atom. The average Bonchev–Trinajstić information content (AvgIpc) is 2.34. The molecule has 1 aromatic carbocycles. The number of piperazine rings is 1. The molecule has 1 amide bonds. The Labute approximate surface area is 129 Å². The summed E-state index contributed by atoms with van der Waals surface area (Å²) in [5, 5.41) is 4.33. The quantitative estimate of drug-likeness (QED) is 0.907. The number of nitrogens with zero attached hydrogens (tertiary/aromatic N) is 1. The normalized spacial score (nSPS) is 18.9. The van der Waals surface area contributed by atoms with E-state index in [9.17, 15) is 4.79 Å². The fourth-order valence-corrected chi connectivity index (χ4v) is 2.42. The minimum atomic E-state index is 0. The smallest absolute Gasteiger partial charge is 0.227 e. The van der Waals surface area contributed by atoms with Crippen molar-refractivity contribution in [1.29, 1.82) is 0 Å². The number of hydrogen-bond donors (Lipinski definition) is 1. The SMILES string of the molecule is C[C@H]1CN(C(=O)Cc2ccc(Cl)c(Cl)c2)CCN1.Cl. The minimum absolute atomic E-state index is 0. The van der Waals surface area contributed by atoms with Gasteiger partial charge in [0.25, 0.3) is 0 Å². The van der Waals surface area contributed by atoms with Crippen LogP contribution in [-0.4, -0.2) is 36.5 Å². The summed E-state index contributed by atoms with van der Waals surface area (Å²) in [5.74, 6) is 0.140. The molecule has 1 fully saturated rings. The zero-order chi connectivity index (χ0) is 13.1. The van der Waals surface area contributed by atoms with Crippen LogP contribution in [0.5, 0.6) is 0 Å². The van der Waals surface area contributed by atoms with Gasteiger partial charge in [0, 0.05) is 25.7 Å². The van der Waals surface area contributed by atoms with Crippen molar-refractivity contribution in [3.63, 3.8) is 0 Å². The van der Waals surface area contributed by atoms with Crippen LogP contribution in [-0.2, 0) is 11.2 Å². The Kier molecular flexibility index (Phi) is 6.40. The summed E-state index contributed by atoms with van der Waals surface area (Å²) in [6, 6.07) is 5.69. The van der Waals surface area contributed by atoms with E-state index in [0.29, 0.717) is 22.5 Å². The zero-order valence-corrected chi connectivity index (χ0v) is 13.0.